The van der Waals surface area contributed by atoms with Crippen LogP contribution < -0.4 is 0 Å². The molecule has 94 valence electrons. The first-order valence-electron chi connectivity index (χ1n) is 5.60. The third kappa shape index (κ3) is 1.98. The summed E-state index contributed by atoms with van der Waals surface area (Å²) < 4.78 is 5.39. The van der Waals surface area contributed by atoms with Gasteiger partial charge < -0.3 is 24.5 Å². The van der Waals surface area contributed by atoms with Gasteiger partial charge in [-0.2, -0.15) is 0 Å². The molecule has 0 spiro atoms. The van der Waals surface area contributed by atoms with Gasteiger partial charge in [0.25, 0.3) is 0 Å². The van der Waals surface area contributed by atoms with Crippen LogP contribution >= 0.6 is 0 Å². The van der Waals surface area contributed by atoms with Crippen LogP contribution in [0.3, 0.4) is 0 Å². The van der Waals surface area contributed by atoms with Crippen LogP contribution in [-0.2, 0) is 14.3 Å². The molecule has 2 aliphatic rings. The predicted molar refractivity (Wildman–Crippen MR) is 57.5 cm³/mol. The fraction of sp³-hybridized carbons (Fsp3) is 0.727. The zero-order valence-electron chi connectivity index (χ0n) is 9.23. The Morgan fingerprint density at radius 3 is 2.53 bits per heavy atom. The van der Waals surface area contributed by atoms with E-state index in [-0.39, 0.29) is 31.1 Å². The summed E-state index contributed by atoms with van der Waals surface area (Å²) >= 11 is 0. The lowest BCUT2D eigenvalue weighted by Gasteiger charge is -2.37. The number of hydrogen-bond donors (Lipinski definition) is 2. The van der Waals surface area contributed by atoms with Crippen molar-refractivity contribution in [3.63, 3.8) is 0 Å². The van der Waals surface area contributed by atoms with E-state index in [9.17, 15) is 14.7 Å². The van der Waals surface area contributed by atoms with Gasteiger partial charge in [0.1, 0.15) is 31.3 Å². The van der Waals surface area contributed by atoms with Crippen molar-refractivity contribution in [3.05, 3.63) is 0 Å². The SMILES string of the molecule is O=C[C@@H]1[C@H](CO)C[C@@H]2OC(CO)=N[C@@H]2[C@@H]1C=O. The zero-order chi connectivity index (χ0) is 12.4. The Bertz CT molecular complexity index is 343. The summed E-state index contributed by atoms with van der Waals surface area (Å²) in [4.78, 5) is 26.3. The molecule has 0 aromatic carbocycles. The number of carbonyl (C=O) groups excluding carboxylic acids is 2. The van der Waals surface area contributed by atoms with Gasteiger partial charge in [0.2, 0.25) is 5.90 Å². The molecule has 0 radical (unpaired) electrons. The number of nitrogens with zero attached hydrogens (tertiary/aromatic N) is 1. The summed E-state index contributed by atoms with van der Waals surface area (Å²) in [5.74, 6) is -1.18. The number of ether oxygens (including phenoxy) is 1. The van der Waals surface area contributed by atoms with Gasteiger partial charge in [-0.05, 0) is 12.3 Å². The van der Waals surface area contributed by atoms with Gasteiger partial charge in [-0.1, -0.05) is 0 Å². The average Bonchev–Trinajstić information content (AvgIpc) is 2.78. The highest BCUT2D eigenvalue weighted by molar-refractivity contribution is 5.80. The summed E-state index contributed by atoms with van der Waals surface area (Å²) in [5, 5.41) is 18.2. The summed E-state index contributed by atoms with van der Waals surface area (Å²) in [7, 11) is 0. The minimum Gasteiger partial charge on any atom is -0.474 e. The van der Waals surface area contributed by atoms with Gasteiger partial charge in [-0.3, -0.25) is 0 Å². The molecule has 0 saturated heterocycles. The minimum absolute atomic E-state index is 0.158. The first-order valence-corrected chi connectivity index (χ1v) is 5.60. The lowest BCUT2D eigenvalue weighted by atomic mass is 9.70. The van der Waals surface area contributed by atoms with Crippen molar-refractivity contribution in [2.24, 2.45) is 22.7 Å². The van der Waals surface area contributed by atoms with Crippen molar-refractivity contribution in [2.45, 2.75) is 18.6 Å². The van der Waals surface area contributed by atoms with Crippen LogP contribution in [0.4, 0.5) is 0 Å². The van der Waals surface area contributed by atoms with Gasteiger partial charge in [-0.25, -0.2) is 4.99 Å². The fourth-order valence-electron chi connectivity index (χ4n) is 2.69. The Balaban J connectivity index is 2.25. The molecule has 1 aliphatic carbocycles. The first kappa shape index (κ1) is 12.2. The minimum atomic E-state index is -0.576. The molecule has 1 aliphatic heterocycles. The topological polar surface area (TPSA) is 96.2 Å². The maximum Gasteiger partial charge on any atom is 0.210 e. The maximum atomic E-state index is 11.1. The number of aldehydes is 2. The van der Waals surface area contributed by atoms with E-state index in [1.807, 2.05) is 0 Å². The van der Waals surface area contributed by atoms with Gasteiger partial charge in [0.05, 0.1) is 5.92 Å². The number of hydrogen-bond acceptors (Lipinski definition) is 6. The molecule has 1 saturated carbocycles. The zero-order valence-corrected chi connectivity index (χ0v) is 9.23. The molecule has 1 heterocycles. The van der Waals surface area contributed by atoms with Gasteiger partial charge in [0, 0.05) is 12.5 Å². The lowest BCUT2D eigenvalue weighted by Crippen LogP contribution is -2.47. The third-order valence-corrected chi connectivity index (χ3v) is 3.56. The molecular weight excluding hydrogens is 226 g/mol. The van der Waals surface area contributed by atoms with E-state index in [4.69, 9.17) is 9.84 Å². The van der Waals surface area contributed by atoms with Crippen LogP contribution in [0, 0.1) is 17.8 Å². The van der Waals surface area contributed by atoms with Crippen molar-refractivity contribution in [2.75, 3.05) is 13.2 Å². The average molecular weight is 241 g/mol. The standard InChI is InChI=1S/C11H15NO5/c13-2-6-1-9-11(12-10(5-16)17-9)8(4-15)7(6)3-14/h3-4,6-9,11,13,16H,1-2,5H2/t6-,7+,8+,9-,11+/m0/s1. The molecule has 17 heavy (non-hydrogen) atoms. The predicted octanol–water partition coefficient (Wildman–Crippen LogP) is -1.21. The molecule has 0 unspecified atom stereocenters. The molecule has 1 fully saturated rings. The number of aliphatic hydroxyl groups excluding tert-OH is 2. The van der Waals surface area contributed by atoms with E-state index in [0.29, 0.717) is 19.0 Å². The Morgan fingerprint density at radius 1 is 1.29 bits per heavy atom. The maximum absolute atomic E-state index is 11.1. The molecule has 6 heteroatoms. The molecule has 0 aromatic heterocycles. The second-order valence-corrected chi connectivity index (χ2v) is 4.43. The smallest absolute Gasteiger partial charge is 0.210 e. The van der Waals surface area contributed by atoms with Crippen molar-refractivity contribution < 1.29 is 24.5 Å². The van der Waals surface area contributed by atoms with Gasteiger partial charge in [-0.15, -0.1) is 0 Å². The number of aliphatic imine (C=N–C) groups is 1. The molecule has 2 rings (SSSR count). The number of carbonyl (C=O) groups is 2. The molecule has 0 aromatic rings. The van der Waals surface area contributed by atoms with Gasteiger partial charge in [0.15, 0.2) is 0 Å². The molecule has 6 nitrogen and oxygen atoms in total. The second kappa shape index (κ2) is 4.93. The highest BCUT2D eigenvalue weighted by Gasteiger charge is 2.48. The van der Waals surface area contributed by atoms with E-state index < -0.39 is 17.9 Å². The summed E-state index contributed by atoms with van der Waals surface area (Å²) in [6.45, 7) is -0.469. The summed E-state index contributed by atoms with van der Waals surface area (Å²) in [5.41, 5.74) is 0. The number of fused-ring (bicyclic) bond motifs is 1. The van der Waals surface area contributed by atoms with E-state index in [2.05, 4.69) is 4.99 Å². The van der Waals surface area contributed by atoms with Crippen LogP contribution in [0.2, 0.25) is 0 Å². The van der Waals surface area contributed by atoms with E-state index in [1.165, 1.54) is 0 Å². The van der Waals surface area contributed by atoms with Gasteiger partial charge >= 0.3 is 0 Å². The molecular formula is C11H15NO5. The van der Waals surface area contributed by atoms with E-state index in [1.54, 1.807) is 0 Å². The van der Waals surface area contributed by atoms with Crippen molar-refractivity contribution in [3.8, 4) is 0 Å². The lowest BCUT2D eigenvalue weighted by molar-refractivity contribution is -0.126. The second-order valence-electron chi connectivity index (χ2n) is 4.43. The highest BCUT2D eigenvalue weighted by Crippen LogP contribution is 2.38. The Hall–Kier alpha value is -1.27. The fourth-order valence-corrected chi connectivity index (χ4v) is 2.69. The normalized spacial score (nSPS) is 40.1. The molecule has 0 bridgehead atoms. The van der Waals surface area contributed by atoms with Crippen molar-refractivity contribution in [1.82, 2.24) is 0 Å². The Morgan fingerprint density at radius 2 is 2.00 bits per heavy atom. The molecule has 0 amide bonds. The first-order chi connectivity index (χ1) is 8.24. The Labute approximate surface area is 98.3 Å². The number of aliphatic hydroxyl groups is 2. The van der Waals surface area contributed by atoms with E-state index in [0.717, 1.165) is 0 Å². The summed E-state index contributed by atoms with van der Waals surface area (Å²) in [6, 6.07) is -0.410. The largest absolute Gasteiger partial charge is 0.474 e. The monoisotopic (exact) mass is 241 g/mol. The quantitative estimate of drug-likeness (QED) is 0.602. The van der Waals surface area contributed by atoms with Crippen LogP contribution in [0.5, 0.6) is 0 Å². The van der Waals surface area contributed by atoms with Crippen LogP contribution in [-0.4, -0.2) is 54.0 Å². The Kier molecular flexibility index (Phi) is 3.54. The number of rotatable bonds is 4. The molecule has 5 atom stereocenters. The highest BCUT2D eigenvalue weighted by atomic mass is 16.5. The third-order valence-electron chi connectivity index (χ3n) is 3.56. The van der Waals surface area contributed by atoms with Crippen molar-refractivity contribution in [1.29, 1.82) is 0 Å². The van der Waals surface area contributed by atoms with Crippen LogP contribution in [0.15, 0.2) is 4.99 Å². The van der Waals surface area contributed by atoms with E-state index >= 15 is 0 Å². The van der Waals surface area contributed by atoms with Crippen LogP contribution in [0.1, 0.15) is 6.42 Å². The van der Waals surface area contributed by atoms with Crippen molar-refractivity contribution >= 4 is 18.5 Å². The summed E-state index contributed by atoms with van der Waals surface area (Å²) in [6.07, 6.45) is 1.57. The molecule has 2 N–H and O–H groups in total. The van der Waals surface area contributed by atoms with Crippen LogP contribution in [0.25, 0.3) is 0 Å².